The molecule has 3 aromatic carbocycles. The number of hydrogen-bond donors (Lipinski definition) is 1. The number of benzene rings is 3. The number of carbonyl (C=O) groups is 2. The van der Waals surface area contributed by atoms with Gasteiger partial charge in [-0.3, -0.25) is 14.5 Å². The first-order valence-corrected chi connectivity index (χ1v) is 12.3. The number of aromatic nitrogens is 1. The third-order valence-corrected chi connectivity index (χ3v) is 7.17. The number of hydrogen-bond acceptors (Lipinski definition) is 7. The molecule has 0 radical (unpaired) electrons. The molecule has 1 atom stereocenters. The number of Topliss-reactive ketones (excluding diaryl/α,β-unsaturated/α-hetero) is 1. The normalized spacial score (nSPS) is 15.8. The second-order valence-corrected chi connectivity index (χ2v) is 9.44. The van der Waals surface area contributed by atoms with E-state index < -0.39 is 29.3 Å². The van der Waals surface area contributed by atoms with Crippen molar-refractivity contribution in [2.45, 2.75) is 13.0 Å². The first-order chi connectivity index (χ1) is 17.9. The summed E-state index contributed by atoms with van der Waals surface area (Å²) < 4.78 is 25.9. The Kier molecular flexibility index (Phi) is 5.49. The molecule has 9 heteroatoms. The molecule has 0 spiro atoms. The molecule has 1 amide bonds. The van der Waals surface area contributed by atoms with Crippen LogP contribution in [0.15, 0.2) is 88.5 Å². The molecule has 184 valence electrons. The molecular formula is C28H19FN2O5S. The molecule has 0 saturated heterocycles. The van der Waals surface area contributed by atoms with Crippen LogP contribution in [-0.4, -0.2) is 28.4 Å². The highest BCUT2D eigenvalue weighted by Crippen LogP contribution is 2.44. The fraction of sp³-hybridized carbons (Fsp3) is 0.107. The molecule has 37 heavy (non-hydrogen) atoms. The maximum absolute atomic E-state index is 13.8. The molecule has 1 unspecified atom stereocenters. The number of thiazole rings is 1. The molecule has 5 aromatic rings. The molecule has 0 saturated carbocycles. The Bertz CT molecular complexity index is 1690. The molecule has 0 bridgehead atoms. The third kappa shape index (κ3) is 3.84. The van der Waals surface area contributed by atoms with Crippen LogP contribution in [0, 0.1) is 5.82 Å². The first kappa shape index (κ1) is 22.9. The summed E-state index contributed by atoms with van der Waals surface area (Å²) in [5.74, 6) is -1.95. The van der Waals surface area contributed by atoms with E-state index in [9.17, 15) is 19.1 Å². The average Bonchev–Trinajstić information content (AvgIpc) is 3.58. The first-order valence-electron chi connectivity index (χ1n) is 11.5. The number of amides is 1. The van der Waals surface area contributed by atoms with E-state index in [1.54, 1.807) is 36.4 Å². The Labute approximate surface area is 214 Å². The zero-order chi connectivity index (χ0) is 25.7. The van der Waals surface area contributed by atoms with Crippen molar-refractivity contribution in [3.05, 3.63) is 101 Å². The fourth-order valence-electron chi connectivity index (χ4n) is 4.47. The number of fused-ring (bicyclic) bond motifs is 2. The second kappa shape index (κ2) is 8.86. The van der Waals surface area contributed by atoms with Crippen molar-refractivity contribution in [2.24, 2.45) is 0 Å². The molecular weight excluding hydrogens is 495 g/mol. The van der Waals surface area contributed by atoms with Gasteiger partial charge in [-0.25, -0.2) is 9.37 Å². The molecule has 2 aromatic heterocycles. The van der Waals surface area contributed by atoms with Gasteiger partial charge >= 0.3 is 0 Å². The van der Waals surface area contributed by atoms with Crippen molar-refractivity contribution in [1.29, 1.82) is 0 Å². The van der Waals surface area contributed by atoms with Crippen molar-refractivity contribution >= 4 is 49.3 Å². The highest BCUT2D eigenvalue weighted by atomic mass is 32.1. The fourth-order valence-corrected chi connectivity index (χ4v) is 5.49. The number of nitrogens with zero attached hydrogens (tertiary/aromatic N) is 2. The Morgan fingerprint density at radius 3 is 2.68 bits per heavy atom. The van der Waals surface area contributed by atoms with Gasteiger partial charge in [0.25, 0.3) is 5.91 Å². The molecule has 6 rings (SSSR count). The lowest BCUT2D eigenvalue weighted by molar-refractivity contribution is -0.117. The zero-order valence-electron chi connectivity index (χ0n) is 19.5. The number of ether oxygens (including phenoxy) is 1. The monoisotopic (exact) mass is 514 g/mol. The van der Waals surface area contributed by atoms with Crippen LogP contribution in [0.1, 0.15) is 29.1 Å². The summed E-state index contributed by atoms with van der Waals surface area (Å²) in [6, 6.07) is 18.5. The largest absolute Gasteiger partial charge is 0.503 e. The highest BCUT2D eigenvalue weighted by molar-refractivity contribution is 7.22. The smallest absolute Gasteiger partial charge is 0.296 e. The van der Waals surface area contributed by atoms with E-state index in [4.69, 9.17) is 9.15 Å². The summed E-state index contributed by atoms with van der Waals surface area (Å²) in [6.45, 7) is 2.38. The van der Waals surface area contributed by atoms with Crippen LogP contribution in [0.5, 0.6) is 5.75 Å². The van der Waals surface area contributed by atoms with Crippen molar-refractivity contribution in [2.75, 3.05) is 11.5 Å². The van der Waals surface area contributed by atoms with Crippen LogP contribution in [-0.2, 0) is 4.79 Å². The SMILES string of the molecule is CCOc1ccc2nc(N3C(=O)C(O)=C(C(=O)c4cc5ccccc5o4)C3c3ccc(F)cc3)sc2c1. The summed E-state index contributed by atoms with van der Waals surface area (Å²) in [4.78, 5) is 33.0. The number of anilines is 1. The Morgan fingerprint density at radius 1 is 1.14 bits per heavy atom. The summed E-state index contributed by atoms with van der Waals surface area (Å²) in [6.07, 6.45) is 0. The van der Waals surface area contributed by atoms with Gasteiger partial charge in [0.05, 0.1) is 28.4 Å². The standard InChI is InChI=1S/C28H19FN2O5S/c1-2-35-18-11-12-19-22(14-18)37-28(30-19)31-24(15-7-9-17(29)10-8-15)23(26(33)27(31)34)25(32)21-13-16-5-3-4-6-20(16)36-21/h3-14,24,33H,2H2,1H3. The summed E-state index contributed by atoms with van der Waals surface area (Å²) in [5.41, 5.74) is 1.41. The summed E-state index contributed by atoms with van der Waals surface area (Å²) >= 11 is 1.22. The van der Waals surface area contributed by atoms with Gasteiger partial charge in [0.2, 0.25) is 5.78 Å². The van der Waals surface area contributed by atoms with E-state index in [-0.39, 0.29) is 16.5 Å². The number of furan rings is 1. The van der Waals surface area contributed by atoms with Crippen molar-refractivity contribution in [1.82, 2.24) is 4.98 Å². The van der Waals surface area contributed by atoms with Crippen LogP contribution in [0.3, 0.4) is 0 Å². The van der Waals surface area contributed by atoms with Crippen molar-refractivity contribution in [3.8, 4) is 5.75 Å². The minimum atomic E-state index is -1.04. The summed E-state index contributed by atoms with van der Waals surface area (Å²) in [7, 11) is 0. The molecule has 0 fully saturated rings. The molecule has 1 aliphatic heterocycles. The molecule has 1 aliphatic rings. The second-order valence-electron chi connectivity index (χ2n) is 8.43. The Morgan fingerprint density at radius 2 is 1.92 bits per heavy atom. The molecule has 3 heterocycles. The average molecular weight is 515 g/mol. The summed E-state index contributed by atoms with van der Waals surface area (Å²) in [5, 5.41) is 12.0. The van der Waals surface area contributed by atoms with E-state index in [2.05, 4.69) is 4.98 Å². The van der Waals surface area contributed by atoms with E-state index >= 15 is 0 Å². The Hall–Kier alpha value is -4.50. The predicted molar refractivity (Wildman–Crippen MR) is 138 cm³/mol. The lowest BCUT2D eigenvalue weighted by Crippen LogP contribution is -2.30. The number of halogens is 1. The van der Waals surface area contributed by atoms with Crippen LogP contribution >= 0.6 is 11.3 Å². The van der Waals surface area contributed by atoms with Crippen molar-refractivity contribution < 1.29 is 28.2 Å². The number of aliphatic hydroxyl groups is 1. The van der Waals surface area contributed by atoms with Gasteiger partial charge in [-0.05, 0) is 55.0 Å². The number of ketones is 1. The number of aliphatic hydroxyl groups excluding tert-OH is 1. The number of carbonyl (C=O) groups excluding carboxylic acids is 2. The third-order valence-electron chi connectivity index (χ3n) is 6.15. The van der Waals surface area contributed by atoms with E-state index in [0.29, 0.717) is 34.4 Å². The van der Waals surface area contributed by atoms with E-state index in [0.717, 1.165) is 4.70 Å². The quantitative estimate of drug-likeness (QED) is 0.265. The van der Waals surface area contributed by atoms with Gasteiger partial charge in [-0.1, -0.05) is 41.7 Å². The van der Waals surface area contributed by atoms with Crippen LogP contribution < -0.4 is 9.64 Å². The topological polar surface area (TPSA) is 92.9 Å². The van der Waals surface area contributed by atoms with Crippen molar-refractivity contribution in [3.63, 3.8) is 0 Å². The van der Waals surface area contributed by atoms with E-state index in [1.165, 1.54) is 40.5 Å². The van der Waals surface area contributed by atoms with Gasteiger partial charge in [0.1, 0.15) is 17.1 Å². The van der Waals surface area contributed by atoms with Crippen LogP contribution in [0.4, 0.5) is 9.52 Å². The van der Waals surface area contributed by atoms with Gasteiger partial charge in [0.15, 0.2) is 16.7 Å². The van der Waals surface area contributed by atoms with E-state index in [1.807, 2.05) is 19.1 Å². The lowest BCUT2D eigenvalue weighted by atomic mass is 9.95. The van der Waals surface area contributed by atoms with Crippen LogP contribution in [0.2, 0.25) is 0 Å². The molecule has 7 nitrogen and oxygen atoms in total. The number of para-hydroxylation sites is 1. The van der Waals surface area contributed by atoms with Crippen LogP contribution in [0.25, 0.3) is 21.2 Å². The maximum atomic E-state index is 13.8. The highest BCUT2D eigenvalue weighted by Gasteiger charge is 2.46. The van der Waals surface area contributed by atoms with Gasteiger partial charge in [-0.2, -0.15) is 0 Å². The predicted octanol–water partition coefficient (Wildman–Crippen LogP) is 6.36. The number of rotatable bonds is 6. The minimum absolute atomic E-state index is 0.0184. The minimum Gasteiger partial charge on any atom is -0.503 e. The Balaban J connectivity index is 1.48. The molecule has 0 aliphatic carbocycles. The zero-order valence-corrected chi connectivity index (χ0v) is 20.3. The van der Waals surface area contributed by atoms with Gasteiger partial charge in [0, 0.05) is 5.39 Å². The lowest BCUT2D eigenvalue weighted by Gasteiger charge is -2.24. The molecule has 1 N–H and O–H groups in total. The van der Waals surface area contributed by atoms with Gasteiger partial charge in [-0.15, -0.1) is 0 Å². The maximum Gasteiger partial charge on any atom is 0.296 e. The van der Waals surface area contributed by atoms with Gasteiger partial charge < -0.3 is 14.3 Å².